The number of sulfonamides is 1. The monoisotopic (exact) mass is 461 g/mol. The van der Waals surface area contributed by atoms with Crippen molar-refractivity contribution in [3.05, 3.63) is 58.4 Å². The van der Waals surface area contributed by atoms with Crippen molar-refractivity contribution in [3.8, 4) is 0 Å². The van der Waals surface area contributed by atoms with Gasteiger partial charge in [0.05, 0.1) is 22.7 Å². The van der Waals surface area contributed by atoms with E-state index >= 15 is 0 Å². The Morgan fingerprint density at radius 2 is 1.81 bits per heavy atom. The topological polar surface area (TPSA) is 70.6 Å². The van der Waals surface area contributed by atoms with Gasteiger partial charge in [-0.05, 0) is 81.8 Å². The number of pyridine rings is 1. The number of fused-ring (bicyclic) bond motifs is 1. The molecule has 0 atom stereocenters. The van der Waals surface area contributed by atoms with Crippen LogP contribution in [0.5, 0.6) is 0 Å². The molecule has 1 aromatic heterocycles. The van der Waals surface area contributed by atoms with Gasteiger partial charge in [0, 0.05) is 29.9 Å². The average Bonchev–Trinajstić information content (AvgIpc) is 2.93. The highest BCUT2D eigenvalue weighted by atomic mass is 35.5. The number of rotatable bonds is 4. The van der Waals surface area contributed by atoms with Crippen molar-refractivity contribution in [2.24, 2.45) is 0 Å². The fourth-order valence-electron chi connectivity index (χ4n) is 4.68. The van der Waals surface area contributed by atoms with Crippen LogP contribution in [0.1, 0.15) is 67.9 Å². The average molecular weight is 462 g/mol. The summed E-state index contributed by atoms with van der Waals surface area (Å²) in [4.78, 5) is 19.4. The Hall–Kier alpha value is -1.96. The maximum absolute atomic E-state index is 13.2. The molecule has 0 radical (unpaired) electrons. The fraction of sp³-hybridized carbons (Fsp3) is 0.478. The van der Waals surface area contributed by atoms with E-state index in [0.29, 0.717) is 23.7 Å². The first-order valence-corrected chi connectivity index (χ1v) is 12.5. The van der Waals surface area contributed by atoms with Gasteiger partial charge in [-0.25, -0.2) is 12.7 Å². The van der Waals surface area contributed by atoms with Crippen LogP contribution in [0, 0.1) is 0 Å². The summed E-state index contributed by atoms with van der Waals surface area (Å²) in [5, 5.41) is 0.198. The predicted octanol–water partition coefficient (Wildman–Crippen LogP) is 4.55. The standard InChI is InChI=1S/C23H28ClN3O3S/c1-15(2)31(29,30)26-9-7-16(8-10-26)17-11-19(14-25-13-17)27-22(28)20-6-5-18(24)12-21(20)23(27,3)4/h5-6,11-16H,7-10H2,1-4H3. The lowest BCUT2D eigenvalue weighted by atomic mass is 9.90. The van der Waals surface area contributed by atoms with Crippen molar-refractivity contribution in [1.29, 1.82) is 0 Å². The Labute approximate surface area is 189 Å². The molecule has 1 fully saturated rings. The minimum Gasteiger partial charge on any atom is -0.297 e. The molecule has 2 aliphatic rings. The van der Waals surface area contributed by atoms with Crippen LogP contribution in [0.3, 0.4) is 0 Å². The van der Waals surface area contributed by atoms with Gasteiger partial charge < -0.3 is 0 Å². The number of benzene rings is 1. The maximum atomic E-state index is 13.2. The molecule has 0 unspecified atom stereocenters. The van der Waals surface area contributed by atoms with Crippen molar-refractivity contribution in [1.82, 2.24) is 9.29 Å². The number of hydrogen-bond donors (Lipinski definition) is 0. The molecule has 2 aromatic rings. The predicted molar refractivity (Wildman–Crippen MR) is 123 cm³/mol. The molecule has 0 spiro atoms. The Morgan fingerprint density at radius 1 is 1.13 bits per heavy atom. The molecule has 0 bridgehead atoms. The minimum atomic E-state index is -3.23. The quantitative estimate of drug-likeness (QED) is 0.669. The molecular weight excluding hydrogens is 434 g/mol. The molecule has 0 N–H and O–H groups in total. The lowest BCUT2D eigenvalue weighted by Gasteiger charge is -2.34. The molecule has 1 aromatic carbocycles. The molecule has 6 nitrogen and oxygen atoms in total. The molecule has 166 valence electrons. The van der Waals surface area contributed by atoms with E-state index in [-0.39, 0.29) is 11.8 Å². The van der Waals surface area contributed by atoms with Crippen molar-refractivity contribution in [2.75, 3.05) is 18.0 Å². The van der Waals surface area contributed by atoms with Gasteiger partial charge in [0.15, 0.2) is 0 Å². The molecule has 4 rings (SSSR count). The molecule has 31 heavy (non-hydrogen) atoms. The van der Waals surface area contributed by atoms with E-state index in [1.807, 2.05) is 32.2 Å². The van der Waals surface area contributed by atoms with Gasteiger partial charge in [-0.2, -0.15) is 0 Å². The van der Waals surface area contributed by atoms with E-state index in [2.05, 4.69) is 4.98 Å². The van der Waals surface area contributed by atoms with Crippen LogP contribution in [0.15, 0.2) is 36.7 Å². The summed E-state index contributed by atoms with van der Waals surface area (Å²) in [5.74, 6) is 0.150. The largest absolute Gasteiger partial charge is 0.297 e. The summed E-state index contributed by atoms with van der Waals surface area (Å²) in [6.45, 7) is 8.47. The number of amides is 1. The van der Waals surface area contributed by atoms with Crippen molar-refractivity contribution in [2.45, 2.75) is 57.2 Å². The summed E-state index contributed by atoms with van der Waals surface area (Å²) in [7, 11) is -3.23. The highest BCUT2D eigenvalue weighted by Gasteiger charge is 2.44. The van der Waals surface area contributed by atoms with Crippen molar-refractivity contribution < 1.29 is 13.2 Å². The summed E-state index contributed by atoms with van der Waals surface area (Å²) in [6, 6.07) is 7.41. The Kier molecular flexibility index (Phi) is 5.65. The van der Waals surface area contributed by atoms with E-state index in [4.69, 9.17) is 11.6 Å². The molecule has 3 heterocycles. The van der Waals surface area contributed by atoms with Crippen molar-refractivity contribution >= 4 is 33.2 Å². The van der Waals surface area contributed by atoms with Gasteiger partial charge in [0.1, 0.15) is 0 Å². The number of nitrogens with zero attached hydrogens (tertiary/aromatic N) is 3. The second-order valence-corrected chi connectivity index (χ2v) is 12.1. The third kappa shape index (κ3) is 3.77. The van der Waals surface area contributed by atoms with Crippen LogP contribution in [0.2, 0.25) is 5.02 Å². The highest BCUT2D eigenvalue weighted by molar-refractivity contribution is 7.89. The minimum absolute atomic E-state index is 0.0616. The summed E-state index contributed by atoms with van der Waals surface area (Å²) >= 11 is 6.19. The third-order valence-corrected chi connectivity index (χ3v) is 9.03. The summed E-state index contributed by atoms with van der Waals surface area (Å²) in [6.07, 6.45) is 5.03. The Balaban J connectivity index is 1.58. The summed E-state index contributed by atoms with van der Waals surface area (Å²) < 4.78 is 26.5. The van der Waals surface area contributed by atoms with Crippen molar-refractivity contribution in [3.63, 3.8) is 0 Å². The van der Waals surface area contributed by atoms with Gasteiger partial charge in [0.25, 0.3) is 5.91 Å². The van der Waals surface area contributed by atoms with E-state index in [9.17, 15) is 13.2 Å². The first-order valence-electron chi connectivity index (χ1n) is 10.6. The van der Waals surface area contributed by atoms with E-state index in [1.54, 1.807) is 41.4 Å². The lowest BCUT2D eigenvalue weighted by molar-refractivity contribution is 0.0982. The number of aromatic nitrogens is 1. The number of hydrogen-bond acceptors (Lipinski definition) is 4. The highest BCUT2D eigenvalue weighted by Crippen LogP contribution is 2.43. The van der Waals surface area contributed by atoms with Gasteiger partial charge >= 0.3 is 0 Å². The number of carbonyl (C=O) groups is 1. The van der Waals surface area contributed by atoms with Gasteiger partial charge in [-0.15, -0.1) is 0 Å². The molecule has 2 aliphatic heterocycles. The fourth-order valence-corrected chi connectivity index (χ4v) is 6.16. The molecule has 0 aliphatic carbocycles. The lowest BCUT2D eigenvalue weighted by Crippen LogP contribution is -2.41. The van der Waals surface area contributed by atoms with Crippen LogP contribution in [-0.2, 0) is 15.6 Å². The van der Waals surface area contributed by atoms with Crippen LogP contribution in [-0.4, -0.2) is 42.0 Å². The van der Waals surface area contributed by atoms with Crippen LogP contribution in [0.4, 0.5) is 5.69 Å². The number of halogens is 1. The Morgan fingerprint density at radius 3 is 2.45 bits per heavy atom. The molecule has 8 heteroatoms. The van der Waals surface area contributed by atoms with Crippen LogP contribution >= 0.6 is 11.6 Å². The normalized spacial score (nSPS) is 19.8. The zero-order valence-electron chi connectivity index (χ0n) is 18.3. The third-order valence-electron chi connectivity index (χ3n) is 6.52. The second-order valence-electron chi connectivity index (χ2n) is 9.13. The molecule has 0 saturated carbocycles. The van der Waals surface area contributed by atoms with Gasteiger partial charge in [-0.3, -0.25) is 14.7 Å². The van der Waals surface area contributed by atoms with E-state index < -0.39 is 20.8 Å². The van der Waals surface area contributed by atoms with Crippen LogP contribution < -0.4 is 4.90 Å². The molecule has 1 saturated heterocycles. The van der Waals surface area contributed by atoms with E-state index in [0.717, 1.165) is 29.7 Å². The zero-order chi connectivity index (χ0) is 22.6. The maximum Gasteiger partial charge on any atom is 0.259 e. The smallest absolute Gasteiger partial charge is 0.259 e. The number of anilines is 1. The summed E-state index contributed by atoms with van der Waals surface area (Å²) in [5.41, 5.74) is 2.80. The molecular formula is C23H28ClN3O3S. The van der Waals surface area contributed by atoms with E-state index in [1.165, 1.54) is 0 Å². The number of carbonyl (C=O) groups excluding carboxylic acids is 1. The Bertz CT molecular complexity index is 1120. The SMILES string of the molecule is CC(C)S(=O)(=O)N1CCC(c2cncc(N3C(=O)c4ccc(Cl)cc4C3(C)C)c2)CC1. The zero-order valence-corrected chi connectivity index (χ0v) is 19.9. The van der Waals surface area contributed by atoms with Gasteiger partial charge in [0.2, 0.25) is 10.0 Å². The first kappa shape index (κ1) is 22.2. The van der Waals surface area contributed by atoms with Gasteiger partial charge in [-0.1, -0.05) is 11.6 Å². The second kappa shape index (κ2) is 7.87. The molecule has 1 amide bonds. The first-order chi connectivity index (χ1) is 14.5. The van der Waals surface area contributed by atoms with Crippen LogP contribution in [0.25, 0.3) is 0 Å². The number of piperidine rings is 1.